The molecule has 4 rings (SSSR count). The number of benzene rings is 4. The summed E-state index contributed by atoms with van der Waals surface area (Å²) in [7, 11) is 0. The molecule has 0 aliphatic heterocycles. The molecular formula is C60H96O9. The van der Waals surface area contributed by atoms with Crippen LogP contribution in [0.2, 0.25) is 0 Å². The minimum Gasteiger partial charge on any atom is -0.508 e. The van der Waals surface area contributed by atoms with E-state index in [0.29, 0.717) is 59.7 Å². The SMILES string of the molecule is CC(C)OCCCCOC(C)C.CCC(C)c1ccc(O)cc1.CCC(C)c1ccc(O)cc1.CCC(C)c1ccc(OC(=O)OC(C)(C)C)cc1.CCOC(CC)Oc1ccc(C(C)CC)cc1. The molecule has 5 atom stereocenters. The predicted octanol–water partition coefficient (Wildman–Crippen LogP) is 17.3. The standard InChI is InChI=1S/C15H22O3.C15H24O2.C10H22O2.2C10H14O/c1-6-11(2)12-7-9-13(10-8-12)17-14(16)18-15(3,4)5;1-5-12(4)13-8-10-14(11-9-13)17-15(6-2)16-7-3;1-9(2)11-7-5-6-8-12-10(3)4;2*1-3-8(2)9-4-6-10(11)7-5-9/h7-11H,6H2,1-5H3;8-12,15H,5-7H2,1-4H3;9-10H,5-8H2,1-4H3;2*4-8,11H,3H2,1-2H3. The first-order valence-corrected chi connectivity index (χ1v) is 25.8. The summed E-state index contributed by atoms with van der Waals surface area (Å²) in [6, 6.07) is 30.8. The molecule has 0 aliphatic rings. The summed E-state index contributed by atoms with van der Waals surface area (Å²) < 4.78 is 32.2. The van der Waals surface area contributed by atoms with Gasteiger partial charge in [0, 0.05) is 26.2 Å². The highest BCUT2D eigenvalue weighted by atomic mass is 16.7. The van der Waals surface area contributed by atoms with Crippen LogP contribution < -0.4 is 9.47 Å². The van der Waals surface area contributed by atoms with Crippen LogP contribution in [0.15, 0.2) is 97.1 Å². The highest BCUT2D eigenvalue weighted by Gasteiger charge is 2.18. The van der Waals surface area contributed by atoms with Gasteiger partial charge in [-0.15, -0.1) is 0 Å². The van der Waals surface area contributed by atoms with E-state index in [0.717, 1.165) is 63.9 Å². The first-order valence-electron chi connectivity index (χ1n) is 25.8. The number of phenolic OH excluding ortho intramolecular Hbond substituents is 2. The molecule has 0 heterocycles. The number of ether oxygens (including phenoxy) is 6. The van der Waals surface area contributed by atoms with Crippen LogP contribution >= 0.6 is 0 Å². The molecule has 0 radical (unpaired) electrons. The van der Waals surface area contributed by atoms with Gasteiger partial charge in [-0.1, -0.05) is 111 Å². The second kappa shape index (κ2) is 37.3. The van der Waals surface area contributed by atoms with Gasteiger partial charge in [-0.05, 0) is 188 Å². The van der Waals surface area contributed by atoms with E-state index in [9.17, 15) is 4.79 Å². The van der Waals surface area contributed by atoms with Crippen molar-refractivity contribution in [1.82, 2.24) is 0 Å². The number of hydrogen-bond donors (Lipinski definition) is 2. The van der Waals surface area contributed by atoms with Crippen LogP contribution in [-0.4, -0.2) is 60.3 Å². The van der Waals surface area contributed by atoms with Crippen molar-refractivity contribution in [1.29, 1.82) is 0 Å². The van der Waals surface area contributed by atoms with E-state index in [1.165, 1.54) is 22.3 Å². The Morgan fingerprint density at radius 2 is 0.783 bits per heavy atom. The van der Waals surface area contributed by atoms with Crippen LogP contribution in [-0.2, 0) is 18.9 Å². The van der Waals surface area contributed by atoms with Crippen molar-refractivity contribution >= 4 is 6.16 Å². The summed E-state index contributed by atoms with van der Waals surface area (Å²) in [4.78, 5) is 11.5. The third-order valence-corrected chi connectivity index (χ3v) is 11.3. The van der Waals surface area contributed by atoms with Gasteiger partial charge in [0.2, 0.25) is 0 Å². The van der Waals surface area contributed by atoms with Crippen LogP contribution in [0, 0.1) is 0 Å². The molecule has 0 spiro atoms. The van der Waals surface area contributed by atoms with Crippen LogP contribution in [0.25, 0.3) is 0 Å². The lowest BCUT2D eigenvalue weighted by Gasteiger charge is -2.18. The topological polar surface area (TPSA) is 113 Å². The van der Waals surface area contributed by atoms with Crippen molar-refractivity contribution < 1.29 is 43.4 Å². The van der Waals surface area contributed by atoms with Gasteiger partial charge < -0.3 is 38.6 Å². The van der Waals surface area contributed by atoms with Crippen LogP contribution in [0.5, 0.6) is 23.0 Å². The van der Waals surface area contributed by atoms with Crippen molar-refractivity contribution in [2.45, 2.75) is 210 Å². The van der Waals surface area contributed by atoms with E-state index in [-0.39, 0.29) is 6.29 Å². The van der Waals surface area contributed by atoms with Crippen LogP contribution in [0.4, 0.5) is 4.79 Å². The first-order chi connectivity index (χ1) is 32.6. The Morgan fingerprint density at radius 3 is 1.06 bits per heavy atom. The fourth-order valence-electron chi connectivity index (χ4n) is 6.07. The Hall–Kier alpha value is -4.57. The van der Waals surface area contributed by atoms with Crippen LogP contribution in [0.3, 0.4) is 0 Å². The Morgan fingerprint density at radius 1 is 0.464 bits per heavy atom. The molecule has 0 bridgehead atoms. The molecule has 0 saturated carbocycles. The molecule has 69 heavy (non-hydrogen) atoms. The van der Waals surface area contributed by atoms with E-state index < -0.39 is 11.8 Å². The average Bonchev–Trinajstić information content (AvgIpc) is 3.32. The summed E-state index contributed by atoms with van der Waals surface area (Å²) in [6.45, 7) is 37.6. The van der Waals surface area contributed by atoms with Gasteiger partial charge in [0.25, 0.3) is 0 Å². The molecule has 390 valence electrons. The molecule has 0 aromatic heterocycles. The zero-order chi connectivity index (χ0) is 52.4. The molecule has 0 saturated heterocycles. The molecule has 4 aromatic rings. The second-order valence-corrected chi connectivity index (χ2v) is 19.1. The van der Waals surface area contributed by atoms with Gasteiger partial charge in [0.15, 0.2) is 6.29 Å². The molecule has 5 unspecified atom stereocenters. The zero-order valence-electron chi connectivity index (χ0n) is 46.1. The molecule has 4 aromatic carbocycles. The van der Waals surface area contributed by atoms with Gasteiger partial charge in [-0.3, -0.25) is 0 Å². The molecule has 0 fully saturated rings. The number of unbranched alkanes of at least 4 members (excludes halogenated alkanes) is 1. The summed E-state index contributed by atoms with van der Waals surface area (Å²) in [6.07, 6.45) is 7.52. The highest BCUT2D eigenvalue weighted by Crippen LogP contribution is 2.25. The molecule has 0 aliphatic carbocycles. The molecule has 9 nitrogen and oxygen atoms in total. The quantitative estimate of drug-likeness (QED) is 0.0365. The molecule has 0 amide bonds. The van der Waals surface area contributed by atoms with Crippen molar-refractivity contribution in [2.75, 3.05) is 19.8 Å². The molecule has 9 heteroatoms. The van der Waals surface area contributed by atoms with Gasteiger partial charge >= 0.3 is 6.16 Å². The third-order valence-electron chi connectivity index (χ3n) is 11.3. The molecule has 2 N–H and O–H groups in total. The number of hydrogen-bond acceptors (Lipinski definition) is 9. The first kappa shape index (κ1) is 64.4. The maximum atomic E-state index is 11.5. The Kier molecular flexibility index (Phi) is 34.8. The lowest BCUT2D eigenvalue weighted by molar-refractivity contribution is -0.0766. The van der Waals surface area contributed by atoms with Crippen molar-refractivity contribution in [3.63, 3.8) is 0 Å². The predicted molar refractivity (Wildman–Crippen MR) is 289 cm³/mol. The van der Waals surface area contributed by atoms with Gasteiger partial charge in [-0.2, -0.15) is 0 Å². The number of carbonyl (C=O) groups excluding carboxylic acids is 1. The van der Waals surface area contributed by atoms with E-state index in [4.69, 9.17) is 38.6 Å². The monoisotopic (exact) mass is 961 g/mol. The van der Waals surface area contributed by atoms with Gasteiger partial charge in [0.05, 0.1) is 12.2 Å². The smallest absolute Gasteiger partial charge is 0.508 e. The normalized spacial score (nSPS) is 13.0. The average molecular weight is 961 g/mol. The number of rotatable bonds is 21. The van der Waals surface area contributed by atoms with Crippen molar-refractivity contribution in [3.05, 3.63) is 119 Å². The summed E-state index contributed by atoms with van der Waals surface area (Å²) >= 11 is 0. The van der Waals surface area contributed by atoms with E-state index in [1.807, 2.05) is 55.5 Å². The van der Waals surface area contributed by atoms with Crippen molar-refractivity contribution in [2.24, 2.45) is 0 Å². The van der Waals surface area contributed by atoms with Crippen LogP contribution in [0.1, 0.15) is 209 Å². The third kappa shape index (κ3) is 32.0. The van der Waals surface area contributed by atoms with E-state index >= 15 is 0 Å². The van der Waals surface area contributed by atoms with Crippen molar-refractivity contribution in [3.8, 4) is 23.0 Å². The van der Waals surface area contributed by atoms with E-state index in [1.54, 1.807) is 57.2 Å². The zero-order valence-corrected chi connectivity index (χ0v) is 46.1. The summed E-state index contributed by atoms with van der Waals surface area (Å²) in [5.41, 5.74) is 4.67. The Balaban J connectivity index is 0.000000851. The number of aromatic hydroxyl groups is 2. The summed E-state index contributed by atoms with van der Waals surface area (Å²) in [5, 5.41) is 18.0. The largest absolute Gasteiger partial charge is 0.514 e. The lowest BCUT2D eigenvalue weighted by Crippen LogP contribution is -2.25. The minimum atomic E-state index is -0.668. The fraction of sp³-hybridized carbons (Fsp3) is 0.583. The summed E-state index contributed by atoms with van der Waals surface area (Å²) in [5.74, 6) is 4.40. The van der Waals surface area contributed by atoms with E-state index in [2.05, 4.69) is 102 Å². The number of carbonyl (C=O) groups is 1. The maximum absolute atomic E-state index is 11.5. The maximum Gasteiger partial charge on any atom is 0.514 e. The highest BCUT2D eigenvalue weighted by molar-refractivity contribution is 5.64. The fourth-order valence-corrected chi connectivity index (χ4v) is 6.07. The second-order valence-electron chi connectivity index (χ2n) is 19.1. The Labute approximate surface area is 420 Å². The van der Waals surface area contributed by atoms with Gasteiger partial charge in [0.1, 0.15) is 28.6 Å². The molecular weight excluding hydrogens is 865 g/mol. The Bertz CT molecular complexity index is 1750. The van der Waals surface area contributed by atoms with Gasteiger partial charge in [-0.25, -0.2) is 4.79 Å². The lowest BCUT2D eigenvalue weighted by atomic mass is 9.99. The number of phenols is 2. The minimum absolute atomic E-state index is 0.130.